The van der Waals surface area contributed by atoms with E-state index in [0.29, 0.717) is 24.8 Å². The number of nitrogens with one attached hydrogen (secondary N) is 2. The van der Waals surface area contributed by atoms with Crippen LogP contribution in [0.25, 0.3) is 0 Å². The van der Waals surface area contributed by atoms with E-state index in [2.05, 4.69) is 32.3 Å². The molecule has 0 amide bonds. The molecule has 1 atom stereocenters. The quantitative estimate of drug-likeness (QED) is 0.871. The molecule has 0 aromatic carbocycles. The Morgan fingerprint density at radius 3 is 2.75 bits per heavy atom. The topological polar surface area (TPSA) is 56.8 Å². The lowest BCUT2D eigenvalue weighted by atomic mass is 9.86. The van der Waals surface area contributed by atoms with Gasteiger partial charge in [-0.15, -0.1) is 5.10 Å². The largest absolute Gasteiger partial charge is 0.337 e. The lowest BCUT2D eigenvalue weighted by Gasteiger charge is -2.31. The van der Waals surface area contributed by atoms with Crippen molar-refractivity contribution in [1.82, 2.24) is 20.5 Å². The standard InChI is InChI=1S/C13H21F2N5/c1-9-8-20(7-6-16-9)12-17-11(18-19-12)10-2-4-13(14,15)5-3-10/h9-10,16H,2-8H2,1H3,(H,17,18,19)/t9-/m1/s1. The first-order valence-corrected chi connectivity index (χ1v) is 7.32. The maximum absolute atomic E-state index is 13.2. The van der Waals surface area contributed by atoms with Gasteiger partial charge in [0.1, 0.15) is 5.82 Å². The molecule has 2 heterocycles. The molecule has 112 valence electrons. The summed E-state index contributed by atoms with van der Waals surface area (Å²) in [4.78, 5) is 6.66. The van der Waals surface area contributed by atoms with Crippen molar-refractivity contribution in [2.24, 2.45) is 0 Å². The minimum absolute atomic E-state index is 0.0433. The smallest absolute Gasteiger partial charge is 0.248 e. The molecule has 1 aromatic rings. The molecule has 3 rings (SSSR count). The molecule has 1 aliphatic heterocycles. The van der Waals surface area contributed by atoms with Gasteiger partial charge in [0.25, 0.3) is 0 Å². The van der Waals surface area contributed by atoms with E-state index < -0.39 is 5.92 Å². The fourth-order valence-corrected chi connectivity index (χ4v) is 3.02. The van der Waals surface area contributed by atoms with Crippen molar-refractivity contribution < 1.29 is 8.78 Å². The van der Waals surface area contributed by atoms with E-state index in [0.717, 1.165) is 25.5 Å². The van der Waals surface area contributed by atoms with Crippen LogP contribution in [0, 0.1) is 0 Å². The molecule has 2 fully saturated rings. The van der Waals surface area contributed by atoms with Crippen molar-refractivity contribution in [2.75, 3.05) is 24.5 Å². The summed E-state index contributed by atoms with van der Waals surface area (Å²) in [6, 6.07) is 0.416. The second-order valence-electron chi connectivity index (χ2n) is 5.95. The first kappa shape index (κ1) is 13.7. The Morgan fingerprint density at radius 1 is 1.30 bits per heavy atom. The third-order valence-corrected chi connectivity index (χ3v) is 4.25. The minimum Gasteiger partial charge on any atom is -0.337 e. The van der Waals surface area contributed by atoms with Crippen molar-refractivity contribution >= 4 is 5.95 Å². The average molecular weight is 285 g/mol. The zero-order valence-electron chi connectivity index (χ0n) is 11.7. The van der Waals surface area contributed by atoms with Gasteiger partial charge in [0, 0.05) is 44.4 Å². The number of rotatable bonds is 2. The Labute approximate surface area is 117 Å². The van der Waals surface area contributed by atoms with Crippen molar-refractivity contribution in [3.05, 3.63) is 5.82 Å². The molecule has 20 heavy (non-hydrogen) atoms. The molecule has 7 heteroatoms. The third kappa shape index (κ3) is 2.92. The number of H-pyrrole nitrogens is 1. The predicted octanol–water partition coefficient (Wildman–Crippen LogP) is 1.90. The Bertz CT molecular complexity index is 451. The van der Waals surface area contributed by atoms with Crippen LogP contribution in [0.1, 0.15) is 44.3 Å². The van der Waals surface area contributed by atoms with Crippen molar-refractivity contribution in [3.8, 4) is 0 Å². The number of halogens is 2. The van der Waals surface area contributed by atoms with E-state index in [4.69, 9.17) is 0 Å². The molecule has 1 saturated heterocycles. The van der Waals surface area contributed by atoms with E-state index in [1.807, 2.05) is 0 Å². The first-order valence-electron chi connectivity index (χ1n) is 7.32. The van der Waals surface area contributed by atoms with Crippen molar-refractivity contribution in [2.45, 2.75) is 50.5 Å². The van der Waals surface area contributed by atoms with E-state index in [-0.39, 0.29) is 18.8 Å². The van der Waals surface area contributed by atoms with Gasteiger partial charge in [0.05, 0.1) is 0 Å². The number of alkyl halides is 2. The highest BCUT2D eigenvalue weighted by molar-refractivity contribution is 5.30. The summed E-state index contributed by atoms with van der Waals surface area (Å²) >= 11 is 0. The summed E-state index contributed by atoms with van der Waals surface area (Å²) in [5, 5.41) is 10.6. The number of hydrogen-bond donors (Lipinski definition) is 2. The second-order valence-corrected chi connectivity index (χ2v) is 5.95. The van der Waals surface area contributed by atoms with Gasteiger partial charge in [-0.1, -0.05) is 0 Å². The van der Waals surface area contributed by atoms with Crippen LogP contribution in [0.4, 0.5) is 14.7 Å². The summed E-state index contributed by atoms with van der Waals surface area (Å²) in [7, 11) is 0. The highest BCUT2D eigenvalue weighted by atomic mass is 19.3. The van der Waals surface area contributed by atoms with Gasteiger partial charge in [-0.25, -0.2) is 8.78 Å². The van der Waals surface area contributed by atoms with Crippen LogP contribution in [0.5, 0.6) is 0 Å². The van der Waals surface area contributed by atoms with Crippen LogP contribution >= 0.6 is 0 Å². The molecule has 1 aromatic heterocycles. The van der Waals surface area contributed by atoms with E-state index in [1.54, 1.807) is 0 Å². The molecule has 0 radical (unpaired) electrons. The lowest BCUT2D eigenvalue weighted by molar-refractivity contribution is -0.0387. The molecule has 5 nitrogen and oxygen atoms in total. The average Bonchev–Trinajstić information content (AvgIpc) is 2.88. The molecule has 2 N–H and O–H groups in total. The normalized spacial score (nSPS) is 27.8. The van der Waals surface area contributed by atoms with Gasteiger partial charge in [-0.2, -0.15) is 4.98 Å². The van der Waals surface area contributed by atoms with Crippen LogP contribution in [0.15, 0.2) is 0 Å². The zero-order chi connectivity index (χ0) is 14.2. The van der Waals surface area contributed by atoms with Gasteiger partial charge in [-0.05, 0) is 19.8 Å². The van der Waals surface area contributed by atoms with Crippen LogP contribution in [0.2, 0.25) is 0 Å². The highest BCUT2D eigenvalue weighted by Crippen LogP contribution is 2.40. The molecule has 0 bridgehead atoms. The van der Waals surface area contributed by atoms with Gasteiger partial charge < -0.3 is 10.2 Å². The summed E-state index contributed by atoms with van der Waals surface area (Å²) < 4.78 is 26.3. The molecule has 1 saturated carbocycles. The summed E-state index contributed by atoms with van der Waals surface area (Å²) in [5.41, 5.74) is 0. The van der Waals surface area contributed by atoms with Gasteiger partial charge in [0.2, 0.25) is 11.9 Å². The van der Waals surface area contributed by atoms with Crippen molar-refractivity contribution in [1.29, 1.82) is 0 Å². The monoisotopic (exact) mass is 285 g/mol. The first-order chi connectivity index (χ1) is 9.53. The molecule has 0 spiro atoms. The Balaban J connectivity index is 1.65. The molecular weight excluding hydrogens is 264 g/mol. The lowest BCUT2D eigenvalue weighted by Crippen LogP contribution is -2.49. The van der Waals surface area contributed by atoms with Crippen LogP contribution in [-0.4, -0.2) is 46.8 Å². The molecular formula is C13H21F2N5. The highest BCUT2D eigenvalue weighted by Gasteiger charge is 2.36. The Hall–Kier alpha value is -1.24. The number of piperazine rings is 1. The Kier molecular flexibility index (Phi) is 3.62. The minimum atomic E-state index is -2.49. The summed E-state index contributed by atoms with van der Waals surface area (Å²) in [5.74, 6) is -0.934. The van der Waals surface area contributed by atoms with Crippen molar-refractivity contribution in [3.63, 3.8) is 0 Å². The maximum Gasteiger partial charge on any atom is 0.248 e. The molecule has 2 aliphatic rings. The third-order valence-electron chi connectivity index (χ3n) is 4.25. The zero-order valence-corrected chi connectivity index (χ0v) is 11.7. The maximum atomic E-state index is 13.2. The summed E-state index contributed by atoms with van der Waals surface area (Å²) in [6.07, 6.45) is 0.885. The fourth-order valence-electron chi connectivity index (χ4n) is 3.02. The number of anilines is 1. The molecule has 0 unspecified atom stereocenters. The van der Waals surface area contributed by atoms with Crippen LogP contribution < -0.4 is 10.2 Å². The fraction of sp³-hybridized carbons (Fsp3) is 0.846. The van der Waals surface area contributed by atoms with Crippen LogP contribution in [-0.2, 0) is 0 Å². The van der Waals surface area contributed by atoms with E-state index >= 15 is 0 Å². The van der Waals surface area contributed by atoms with Gasteiger partial charge >= 0.3 is 0 Å². The predicted molar refractivity (Wildman–Crippen MR) is 72.2 cm³/mol. The van der Waals surface area contributed by atoms with E-state index in [9.17, 15) is 8.78 Å². The number of aromatic amines is 1. The van der Waals surface area contributed by atoms with Crippen LogP contribution in [0.3, 0.4) is 0 Å². The van der Waals surface area contributed by atoms with Gasteiger partial charge in [0.15, 0.2) is 0 Å². The second kappa shape index (κ2) is 5.27. The number of aromatic nitrogens is 3. The SMILES string of the molecule is C[C@@H]1CN(c2n[nH]c(C3CCC(F)(F)CC3)n2)CCN1. The number of nitrogens with zero attached hydrogens (tertiary/aromatic N) is 3. The van der Waals surface area contributed by atoms with Gasteiger partial charge in [-0.3, -0.25) is 5.10 Å². The number of hydrogen-bond acceptors (Lipinski definition) is 4. The Morgan fingerprint density at radius 2 is 2.05 bits per heavy atom. The summed E-state index contributed by atoms with van der Waals surface area (Å²) in [6.45, 7) is 4.80. The van der Waals surface area contributed by atoms with E-state index in [1.165, 1.54) is 0 Å². The molecule has 1 aliphatic carbocycles.